The molecule has 2 aliphatic rings. The molecule has 2 saturated carbocycles. The summed E-state index contributed by atoms with van der Waals surface area (Å²) < 4.78 is 35.5. The number of hydrogen-bond acceptors (Lipinski definition) is 6. The van der Waals surface area contributed by atoms with E-state index in [1.54, 1.807) is 0 Å². The van der Waals surface area contributed by atoms with Crippen LogP contribution in [0, 0.1) is 16.7 Å². The number of fused-ring (bicyclic) bond motifs is 2. The maximum absolute atomic E-state index is 13.4. The smallest absolute Gasteiger partial charge is 0.415 e. The Morgan fingerprint density at radius 1 is 1.40 bits per heavy atom. The maximum atomic E-state index is 13.4. The molecule has 0 N–H and O–H groups in total. The predicted octanol–water partition coefficient (Wildman–Crippen LogP) is 2.21. The van der Waals surface area contributed by atoms with Crippen LogP contribution in [0.3, 0.4) is 0 Å². The van der Waals surface area contributed by atoms with E-state index in [1.807, 2.05) is 20.8 Å². The molecule has 2 rings (SSSR count). The standard InChI is InChI=1S/C12H18F2O5S/c1-10(2)7-4-5-11(3,6-7)8(10)17-9(15)12(13,14)20-19-18-16/h7-8,16H,4-6H2,1-3H3/p-1. The van der Waals surface area contributed by atoms with E-state index in [0.717, 1.165) is 19.3 Å². The summed E-state index contributed by atoms with van der Waals surface area (Å²) >= 11 is -0.653. The Labute approximate surface area is 120 Å². The Balaban J connectivity index is 2.08. The highest BCUT2D eigenvalue weighted by Crippen LogP contribution is 2.63. The highest BCUT2D eigenvalue weighted by atomic mass is 32.2. The number of hydrogen-bond donors (Lipinski definition) is 0. The van der Waals surface area contributed by atoms with Gasteiger partial charge in [0.25, 0.3) is 0 Å². The second-order valence-corrected chi connectivity index (χ2v) is 7.25. The third-order valence-electron chi connectivity index (χ3n) is 4.77. The first-order valence-electron chi connectivity index (χ1n) is 6.37. The summed E-state index contributed by atoms with van der Waals surface area (Å²) in [5.41, 5.74) is -0.597. The summed E-state index contributed by atoms with van der Waals surface area (Å²) in [5, 5.41) is 8.43. The number of rotatable bonds is 5. The van der Waals surface area contributed by atoms with Crippen molar-refractivity contribution in [2.24, 2.45) is 16.7 Å². The molecule has 20 heavy (non-hydrogen) atoms. The van der Waals surface area contributed by atoms with Crippen molar-refractivity contribution in [3.8, 4) is 0 Å². The first kappa shape index (κ1) is 15.9. The van der Waals surface area contributed by atoms with Crippen LogP contribution >= 0.6 is 12.0 Å². The van der Waals surface area contributed by atoms with Crippen LogP contribution in [-0.2, 0) is 18.9 Å². The number of carbonyl (C=O) groups excluding carboxylic acids is 1. The fourth-order valence-corrected chi connectivity index (χ4v) is 4.05. The van der Waals surface area contributed by atoms with E-state index >= 15 is 0 Å². The average molecular weight is 311 g/mol. The van der Waals surface area contributed by atoms with Crippen molar-refractivity contribution < 1.29 is 32.9 Å². The lowest BCUT2D eigenvalue weighted by Gasteiger charge is -2.42. The van der Waals surface area contributed by atoms with Gasteiger partial charge in [-0.1, -0.05) is 20.8 Å². The summed E-state index contributed by atoms with van der Waals surface area (Å²) in [7, 11) is 0. The number of alkyl halides is 2. The molecule has 0 spiro atoms. The van der Waals surface area contributed by atoms with Crippen molar-refractivity contribution >= 4 is 18.0 Å². The van der Waals surface area contributed by atoms with Crippen molar-refractivity contribution in [2.45, 2.75) is 51.4 Å². The van der Waals surface area contributed by atoms with E-state index < -0.39 is 29.4 Å². The molecule has 5 nitrogen and oxygen atoms in total. The Hall–Kier alpha value is -0.440. The molecule has 0 heterocycles. The topological polar surface area (TPSA) is 67.8 Å². The van der Waals surface area contributed by atoms with Crippen molar-refractivity contribution in [3.63, 3.8) is 0 Å². The van der Waals surface area contributed by atoms with Gasteiger partial charge in [0.05, 0.1) is 0 Å². The van der Waals surface area contributed by atoms with Crippen LogP contribution in [0.25, 0.3) is 0 Å². The maximum Gasteiger partial charge on any atom is 0.415 e. The highest BCUT2D eigenvalue weighted by molar-refractivity contribution is 7.96. The summed E-state index contributed by atoms with van der Waals surface area (Å²) in [5.74, 6) is -1.33. The number of carbonyl (C=O) groups is 1. The van der Waals surface area contributed by atoms with Crippen LogP contribution in [0.5, 0.6) is 0 Å². The van der Waals surface area contributed by atoms with E-state index in [0.29, 0.717) is 5.92 Å². The van der Waals surface area contributed by atoms with Crippen LogP contribution in [0.4, 0.5) is 8.78 Å². The van der Waals surface area contributed by atoms with Crippen LogP contribution in [0.1, 0.15) is 40.0 Å². The zero-order chi connectivity index (χ0) is 15.2. The highest BCUT2D eigenvalue weighted by Gasteiger charge is 2.62. The molecule has 2 aliphatic carbocycles. The normalized spacial score (nSPS) is 35.3. The second-order valence-electron chi connectivity index (χ2n) is 6.44. The van der Waals surface area contributed by atoms with E-state index in [2.05, 4.69) is 9.37 Å². The minimum absolute atomic E-state index is 0.263. The van der Waals surface area contributed by atoms with Crippen molar-refractivity contribution in [2.75, 3.05) is 0 Å². The molecule has 0 aliphatic heterocycles. The fraction of sp³-hybridized carbons (Fsp3) is 0.917. The van der Waals surface area contributed by atoms with Gasteiger partial charge in [-0.25, -0.2) is 4.79 Å². The molecule has 0 aromatic carbocycles. The van der Waals surface area contributed by atoms with Crippen molar-refractivity contribution in [3.05, 3.63) is 0 Å². The van der Waals surface area contributed by atoms with Gasteiger partial charge in [0.2, 0.25) is 0 Å². The summed E-state index contributed by atoms with van der Waals surface area (Å²) in [4.78, 5) is 11.6. The van der Waals surface area contributed by atoms with Gasteiger partial charge in [0.1, 0.15) is 18.1 Å². The molecular formula is C12H17F2O5S-. The first-order valence-corrected chi connectivity index (χ1v) is 7.11. The van der Waals surface area contributed by atoms with Crippen LogP contribution in [0.15, 0.2) is 0 Å². The number of ether oxygens (including phenoxy) is 1. The van der Waals surface area contributed by atoms with Gasteiger partial charge in [-0.3, -0.25) is 5.04 Å². The lowest BCUT2D eigenvalue weighted by molar-refractivity contribution is -0.777. The zero-order valence-electron chi connectivity index (χ0n) is 11.5. The summed E-state index contributed by atoms with van der Waals surface area (Å²) in [6, 6.07) is 0. The molecule has 0 aromatic rings. The molecule has 2 bridgehead atoms. The van der Waals surface area contributed by atoms with Crippen LogP contribution in [0.2, 0.25) is 0 Å². The monoisotopic (exact) mass is 311 g/mol. The van der Waals surface area contributed by atoms with Crippen molar-refractivity contribution in [1.82, 2.24) is 0 Å². The summed E-state index contributed by atoms with van der Waals surface area (Å²) in [6.45, 7) is 5.83. The van der Waals surface area contributed by atoms with Gasteiger partial charge in [-0.15, -0.1) is 0 Å². The van der Waals surface area contributed by atoms with Gasteiger partial charge in [-0.2, -0.15) is 13.1 Å². The molecule has 0 saturated heterocycles. The van der Waals surface area contributed by atoms with Gasteiger partial charge in [0.15, 0.2) is 0 Å². The summed E-state index contributed by atoms with van der Waals surface area (Å²) in [6.07, 6.45) is 2.19. The Morgan fingerprint density at radius 3 is 2.55 bits per heavy atom. The predicted molar refractivity (Wildman–Crippen MR) is 63.8 cm³/mol. The van der Waals surface area contributed by atoms with Crippen LogP contribution < -0.4 is 5.26 Å². The van der Waals surface area contributed by atoms with E-state index in [4.69, 9.17) is 4.74 Å². The zero-order valence-corrected chi connectivity index (χ0v) is 12.3. The third-order valence-corrected chi connectivity index (χ3v) is 5.27. The number of esters is 1. The van der Waals surface area contributed by atoms with E-state index in [-0.39, 0.29) is 10.8 Å². The minimum atomic E-state index is -3.97. The lowest BCUT2D eigenvalue weighted by Crippen LogP contribution is -2.46. The quantitative estimate of drug-likeness (QED) is 0.336. The molecule has 3 unspecified atom stereocenters. The van der Waals surface area contributed by atoms with Gasteiger partial charge < -0.3 is 9.99 Å². The molecule has 8 heteroatoms. The largest absolute Gasteiger partial charge is 0.691 e. The first-order chi connectivity index (χ1) is 9.13. The fourth-order valence-electron chi connectivity index (χ4n) is 3.82. The second kappa shape index (κ2) is 5.08. The Bertz CT molecular complexity index is 399. The molecule has 116 valence electrons. The third kappa shape index (κ3) is 2.54. The van der Waals surface area contributed by atoms with Gasteiger partial charge in [-0.05, 0) is 25.2 Å². The van der Waals surface area contributed by atoms with E-state index in [1.165, 1.54) is 0 Å². The van der Waals surface area contributed by atoms with Crippen LogP contribution in [-0.4, -0.2) is 17.3 Å². The SMILES string of the molecule is CC12CCC(C1)C(C)(C)C2OC(=O)C(F)(F)SOO[O-]. The molecule has 0 aromatic heterocycles. The van der Waals surface area contributed by atoms with Gasteiger partial charge in [0, 0.05) is 10.8 Å². The Morgan fingerprint density at radius 2 is 2.05 bits per heavy atom. The molecule has 3 atom stereocenters. The molecule has 0 amide bonds. The molecular weight excluding hydrogens is 294 g/mol. The van der Waals surface area contributed by atoms with Gasteiger partial charge >= 0.3 is 11.2 Å². The van der Waals surface area contributed by atoms with E-state index in [9.17, 15) is 18.8 Å². The van der Waals surface area contributed by atoms with Crippen molar-refractivity contribution in [1.29, 1.82) is 0 Å². The number of halogens is 2. The lowest BCUT2D eigenvalue weighted by atomic mass is 9.70. The Kier molecular flexibility index (Phi) is 4.05. The minimum Gasteiger partial charge on any atom is -0.691 e. The molecule has 0 radical (unpaired) electrons. The molecule has 2 fully saturated rings. The average Bonchev–Trinajstić information content (AvgIpc) is 2.83.